The molecule has 0 bridgehead atoms. The van der Waals surface area contributed by atoms with Gasteiger partial charge in [0.1, 0.15) is 12.3 Å². The number of carbonyl (C=O) groups is 1. The van der Waals surface area contributed by atoms with Crippen molar-refractivity contribution >= 4 is 52.4 Å². The number of alkyl halides is 3. The maximum atomic E-state index is 11.3. The number of carbonyl (C=O) groups excluding carboxylic acids is 1. The predicted molar refractivity (Wildman–Crippen MR) is 76.5 cm³/mol. The quantitative estimate of drug-likeness (QED) is 0.626. The Hall–Kier alpha value is -1.01. The molecular weight excluding hydrogens is 348 g/mol. The van der Waals surface area contributed by atoms with Crippen LogP contribution in [-0.2, 0) is 16.1 Å². The Balaban J connectivity index is 2.03. The first kappa shape index (κ1) is 15.4. The van der Waals surface area contributed by atoms with Gasteiger partial charge in [0.2, 0.25) is 0 Å². The average molecular weight is 355 g/mol. The molecule has 0 saturated carbocycles. The highest BCUT2D eigenvalue weighted by atomic mass is 35.6. The minimum absolute atomic E-state index is 0.139. The molecule has 0 radical (unpaired) electrons. The molecule has 5 nitrogen and oxygen atoms in total. The number of esters is 1. The normalized spacial score (nSPS) is 11.4. The van der Waals surface area contributed by atoms with E-state index in [0.29, 0.717) is 10.7 Å². The van der Waals surface area contributed by atoms with E-state index < -0.39 is 9.76 Å². The Morgan fingerprint density at radius 3 is 2.50 bits per heavy atom. The summed E-state index contributed by atoms with van der Waals surface area (Å²) in [6.07, 6.45) is 1.59. The lowest BCUT2D eigenvalue weighted by molar-refractivity contribution is -0.143. The van der Waals surface area contributed by atoms with E-state index in [0.717, 1.165) is 5.69 Å². The summed E-state index contributed by atoms with van der Waals surface area (Å²) in [6.45, 7) is -0.139. The van der Waals surface area contributed by atoms with Crippen LogP contribution in [0.5, 0.6) is 0 Å². The number of hydrogen-bond donors (Lipinski definition) is 0. The van der Waals surface area contributed by atoms with E-state index in [1.54, 1.807) is 30.5 Å². The molecule has 0 aliphatic heterocycles. The van der Waals surface area contributed by atoms with Crippen LogP contribution >= 0.6 is 46.4 Å². The zero-order valence-electron chi connectivity index (χ0n) is 9.76. The fourth-order valence-electron chi connectivity index (χ4n) is 1.31. The van der Waals surface area contributed by atoms with Crippen LogP contribution in [0.3, 0.4) is 0 Å². The fraction of sp³-hybridized carbons (Fsp3) is 0.182. The Labute approximate surface area is 134 Å². The Bertz CT molecular complexity index is 607. The number of ether oxygens (including phenoxy) is 1. The molecule has 2 rings (SSSR count). The van der Waals surface area contributed by atoms with E-state index in [2.05, 4.69) is 10.3 Å². The van der Waals surface area contributed by atoms with E-state index in [4.69, 9.17) is 51.1 Å². The van der Waals surface area contributed by atoms with Gasteiger partial charge >= 0.3 is 5.97 Å². The number of rotatable bonds is 3. The number of benzene rings is 1. The minimum atomic E-state index is -2.10. The maximum Gasteiger partial charge on any atom is 0.358 e. The fourth-order valence-corrected chi connectivity index (χ4v) is 1.60. The third-order valence-corrected chi connectivity index (χ3v) is 2.93. The first-order valence-corrected chi connectivity index (χ1v) is 6.78. The van der Waals surface area contributed by atoms with Gasteiger partial charge in [-0.1, -0.05) is 51.6 Å². The van der Waals surface area contributed by atoms with Crippen LogP contribution in [0.25, 0.3) is 5.69 Å². The summed E-state index contributed by atoms with van der Waals surface area (Å²) in [5, 5.41) is 8.35. The van der Waals surface area contributed by atoms with Crippen molar-refractivity contribution in [2.45, 2.75) is 10.4 Å². The summed E-state index contributed by atoms with van der Waals surface area (Å²) in [6, 6.07) is 6.99. The summed E-state index contributed by atoms with van der Waals surface area (Å²) < 4.78 is 4.19. The topological polar surface area (TPSA) is 57.0 Å². The first-order valence-electron chi connectivity index (χ1n) is 5.27. The van der Waals surface area contributed by atoms with Gasteiger partial charge in [-0.15, -0.1) is 5.10 Å². The molecule has 9 heteroatoms. The molecule has 0 N–H and O–H groups in total. The maximum absolute atomic E-state index is 11.3. The second-order valence-electron chi connectivity index (χ2n) is 3.70. The highest BCUT2D eigenvalue weighted by molar-refractivity contribution is 6.75. The smallest absolute Gasteiger partial charge is 0.358 e. The van der Waals surface area contributed by atoms with Gasteiger partial charge in [-0.3, -0.25) is 0 Å². The van der Waals surface area contributed by atoms with Gasteiger partial charge in [-0.05, 0) is 24.3 Å². The average Bonchev–Trinajstić information content (AvgIpc) is 2.84. The molecule has 0 atom stereocenters. The second kappa shape index (κ2) is 6.18. The number of nitrogens with zero attached hydrogens (tertiary/aromatic N) is 3. The molecular formula is C11H7Cl4N3O2. The highest BCUT2D eigenvalue weighted by Crippen LogP contribution is 2.27. The molecule has 1 aromatic carbocycles. The lowest BCUT2D eigenvalue weighted by atomic mass is 10.3. The third kappa shape index (κ3) is 3.99. The van der Waals surface area contributed by atoms with Crippen LogP contribution in [0.4, 0.5) is 0 Å². The van der Waals surface area contributed by atoms with E-state index in [-0.39, 0.29) is 6.61 Å². The van der Waals surface area contributed by atoms with Crippen LogP contribution < -0.4 is 0 Å². The molecule has 0 saturated heterocycles. The number of halogens is 4. The summed E-state index contributed by atoms with van der Waals surface area (Å²) in [4.78, 5) is 11.3. The van der Waals surface area contributed by atoms with Crippen molar-refractivity contribution in [1.82, 2.24) is 15.0 Å². The van der Waals surface area contributed by atoms with Gasteiger partial charge in [-0.25, -0.2) is 9.48 Å². The molecule has 1 aromatic heterocycles. The first-order chi connectivity index (χ1) is 9.36. The Morgan fingerprint density at radius 2 is 1.90 bits per heavy atom. The lowest BCUT2D eigenvalue weighted by Crippen LogP contribution is -2.21. The minimum Gasteiger partial charge on any atom is -0.456 e. The van der Waals surface area contributed by atoms with Crippen molar-refractivity contribution in [3.05, 3.63) is 41.2 Å². The van der Waals surface area contributed by atoms with E-state index in [9.17, 15) is 4.79 Å². The molecule has 0 unspecified atom stereocenters. The van der Waals surface area contributed by atoms with Gasteiger partial charge in [0.05, 0.1) is 11.9 Å². The van der Waals surface area contributed by atoms with Gasteiger partial charge in [0, 0.05) is 5.02 Å². The highest BCUT2D eigenvalue weighted by Gasteiger charge is 2.32. The lowest BCUT2D eigenvalue weighted by Gasteiger charge is -2.08. The van der Waals surface area contributed by atoms with Crippen LogP contribution in [-0.4, -0.2) is 24.8 Å². The van der Waals surface area contributed by atoms with Gasteiger partial charge in [0.15, 0.2) is 0 Å². The summed E-state index contributed by atoms with van der Waals surface area (Å²) in [7, 11) is 0. The number of aromatic nitrogens is 3. The van der Waals surface area contributed by atoms with Crippen LogP contribution in [0.1, 0.15) is 5.69 Å². The van der Waals surface area contributed by atoms with Gasteiger partial charge in [0.25, 0.3) is 3.79 Å². The molecule has 0 amide bonds. The van der Waals surface area contributed by atoms with Gasteiger partial charge in [-0.2, -0.15) is 0 Å². The molecule has 20 heavy (non-hydrogen) atoms. The van der Waals surface area contributed by atoms with E-state index in [1.165, 1.54) is 4.68 Å². The largest absolute Gasteiger partial charge is 0.456 e. The zero-order chi connectivity index (χ0) is 14.8. The van der Waals surface area contributed by atoms with Crippen molar-refractivity contribution < 1.29 is 9.53 Å². The molecule has 0 aliphatic carbocycles. The SMILES string of the molecule is O=C(OCc1cn(-c2ccc(Cl)cc2)nn1)C(Cl)(Cl)Cl. The molecule has 1 heterocycles. The molecule has 0 spiro atoms. The molecule has 0 fully saturated rings. The molecule has 0 aliphatic rings. The summed E-state index contributed by atoms with van der Waals surface area (Å²) in [5.74, 6) is -0.969. The van der Waals surface area contributed by atoms with Crippen molar-refractivity contribution in [2.24, 2.45) is 0 Å². The summed E-state index contributed by atoms with van der Waals surface area (Å²) in [5.41, 5.74) is 1.18. The third-order valence-electron chi connectivity index (χ3n) is 2.21. The van der Waals surface area contributed by atoms with Crippen molar-refractivity contribution in [3.63, 3.8) is 0 Å². The van der Waals surface area contributed by atoms with Crippen molar-refractivity contribution in [2.75, 3.05) is 0 Å². The molecule has 2 aromatic rings. The van der Waals surface area contributed by atoms with Gasteiger partial charge < -0.3 is 4.74 Å². The predicted octanol–water partition coefficient (Wildman–Crippen LogP) is 3.33. The van der Waals surface area contributed by atoms with Crippen molar-refractivity contribution in [3.8, 4) is 5.69 Å². The van der Waals surface area contributed by atoms with Crippen molar-refractivity contribution in [1.29, 1.82) is 0 Å². The Kier molecular flexibility index (Phi) is 4.75. The van der Waals surface area contributed by atoms with Crippen LogP contribution in [0.2, 0.25) is 5.02 Å². The van der Waals surface area contributed by atoms with E-state index >= 15 is 0 Å². The zero-order valence-corrected chi connectivity index (χ0v) is 12.8. The van der Waals surface area contributed by atoms with Crippen LogP contribution in [0.15, 0.2) is 30.5 Å². The summed E-state index contributed by atoms with van der Waals surface area (Å²) >= 11 is 21.9. The Morgan fingerprint density at radius 1 is 1.25 bits per heavy atom. The number of hydrogen-bond acceptors (Lipinski definition) is 4. The molecule has 106 valence electrons. The standard InChI is InChI=1S/C11H7Cl4N3O2/c12-7-1-3-9(4-2-7)18-5-8(16-17-18)6-20-10(19)11(13,14)15/h1-5H,6H2. The monoisotopic (exact) mass is 353 g/mol. The second-order valence-corrected chi connectivity index (χ2v) is 6.42. The van der Waals surface area contributed by atoms with E-state index in [1.807, 2.05) is 0 Å². The van der Waals surface area contributed by atoms with Crippen LogP contribution in [0, 0.1) is 0 Å².